The normalized spacial score (nSPS) is 20.4. The van der Waals surface area contributed by atoms with Crippen LogP contribution in [0.3, 0.4) is 0 Å². The Morgan fingerprint density at radius 2 is 1.88 bits per heavy atom. The van der Waals surface area contributed by atoms with Crippen molar-refractivity contribution in [1.82, 2.24) is 4.90 Å². The van der Waals surface area contributed by atoms with Crippen LogP contribution in [0.25, 0.3) is 0 Å². The highest BCUT2D eigenvalue weighted by atomic mass is 19.1. The molecule has 0 aromatic heterocycles. The van der Waals surface area contributed by atoms with Gasteiger partial charge in [-0.1, -0.05) is 12.1 Å². The molecule has 1 heterocycles. The number of likely N-dealkylation sites (N-methyl/N-ethyl adjacent to an activating group) is 1. The van der Waals surface area contributed by atoms with Gasteiger partial charge in [-0.25, -0.2) is 8.78 Å². The first-order valence-electron chi connectivity index (χ1n) is 7.65. The molecule has 0 radical (unpaired) electrons. The average Bonchev–Trinajstić information content (AvgIpc) is 2.59. The summed E-state index contributed by atoms with van der Waals surface area (Å²) in [6, 6.07) is 10.2. The lowest BCUT2D eigenvalue weighted by Crippen LogP contribution is -2.51. The first-order chi connectivity index (χ1) is 12.0. The molecule has 1 aliphatic rings. The summed E-state index contributed by atoms with van der Waals surface area (Å²) in [5.74, 6) is -1.70. The summed E-state index contributed by atoms with van der Waals surface area (Å²) >= 11 is 0. The maximum absolute atomic E-state index is 13.6. The number of rotatable bonds is 3. The third-order valence-corrected chi connectivity index (χ3v) is 4.04. The van der Waals surface area contributed by atoms with Gasteiger partial charge in [0.2, 0.25) is 5.91 Å². The van der Waals surface area contributed by atoms with Gasteiger partial charge in [0.05, 0.1) is 6.04 Å². The molecule has 130 valence electrons. The number of carbonyl (C=O) groups is 2. The van der Waals surface area contributed by atoms with Crippen LogP contribution in [-0.4, -0.2) is 36.5 Å². The number of ether oxygens (including phenoxy) is 1. The first kappa shape index (κ1) is 17.0. The van der Waals surface area contributed by atoms with E-state index in [0.717, 1.165) is 0 Å². The zero-order valence-electron chi connectivity index (χ0n) is 13.4. The lowest BCUT2D eigenvalue weighted by molar-refractivity contribution is -0.160. The number of amides is 2. The van der Waals surface area contributed by atoms with Gasteiger partial charge in [-0.05, 0) is 42.0 Å². The molecular weight excluding hydrogens is 330 g/mol. The summed E-state index contributed by atoms with van der Waals surface area (Å²) in [6.45, 7) is -0.246. The van der Waals surface area contributed by atoms with Crippen molar-refractivity contribution in [3.05, 3.63) is 65.7 Å². The van der Waals surface area contributed by atoms with Gasteiger partial charge in [-0.15, -0.1) is 0 Å². The van der Waals surface area contributed by atoms with Crippen molar-refractivity contribution in [2.75, 3.05) is 19.0 Å². The Labute approximate surface area is 143 Å². The average molecular weight is 346 g/mol. The van der Waals surface area contributed by atoms with E-state index in [9.17, 15) is 18.4 Å². The number of nitrogens with one attached hydrogen (secondary N) is 1. The molecule has 0 spiro atoms. The van der Waals surface area contributed by atoms with Gasteiger partial charge in [0, 0.05) is 12.7 Å². The SMILES string of the molecule is CN1C(=O)CO[C@@H](C(=O)Nc2ccc(F)cc2)[C@H]1c1cccc(F)c1. The Morgan fingerprint density at radius 1 is 1.16 bits per heavy atom. The number of carbonyl (C=O) groups excluding carboxylic acids is 2. The quantitative estimate of drug-likeness (QED) is 0.929. The van der Waals surface area contributed by atoms with E-state index in [-0.39, 0.29) is 12.5 Å². The lowest BCUT2D eigenvalue weighted by atomic mass is 9.97. The summed E-state index contributed by atoms with van der Waals surface area (Å²) in [5, 5.41) is 2.63. The molecule has 0 unspecified atom stereocenters. The number of halogens is 2. The summed E-state index contributed by atoms with van der Waals surface area (Å²) in [7, 11) is 1.54. The predicted molar refractivity (Wildman–Crippen MR) is 86.7 cm³/mol. The van der Waals surface area contributed by atoms with E-state index in [1.807, 2.05) is 0 Å². The van der Waals surface area contributed by atoms with Crippen LogP contribution < -0.4 is 5.32 Å². The zero-order chi connectivity index (χ0) is 18.0. The Bertz CT molecular complexity index is 795. The van der Waals surface area contributed by atoms with E-state index < -0.39 is 29.7 Å². The summed E-state index contributed by atoms with van der Waals surface area (Å²) in [5.41, 5.74) is 0.849. The molecule has 0 aliphatic carbocycles. The van der Waals surface area contributed by atoms with Crippen LogP contribution in [0.1, 0.15) is 11.6 Å². The smallest absolute Gasteiger partial charge is 0.256 e. The summed E-state index contributed by atoms with van der Waals surface area (Å²) in [4.78, 5) is 25.9. The Hall–Kier alpha value is -2.80. The van der Waals surface area contributed by atoms with E-state index >= 15 is 0 Å². The first-order valence-corrected chi connectivity index (χ1v) is 7.65. The van der Waals surface area contributed by atoms with Crippen molar-refractivity contribution in [3.63, 3.8) is 0 Å². The predicted octanol–water partition coefficient (Wildman–Crippen LogP) is 2.50. The van der Waals surface area contributed by atoms with Gasteiger partial charge in [0.25, 0.3) is 5.91 Å². The number of anilines is 1. The van der Waals surface area contributed by atoms with E-state index in [0.29, 0.717) is 11.3 Å². The highest BCUT2D eigenvalue weighted by molar-refractivity contribution is 5.96. The second-order valence-corrected chi connectivity index (χ2v) is 5.73. The van der Waals surface area contributed by atoms with Crippen molar-refractivity contribution in [2.45, 2.75) is 12.1 Å². The molecule has 1 saturated heterocycles. The second kappa shape index (κ2) is 6.98. The number of benzene rings is 2. The fourth-order valence-corrected chi connectivity index (χ4v) is 2.77. The van der Waals surface area contributed by atoms with Crippen LogP contribution in [0, 0.1) is 11.6 Å². The molecule has 0 bridgehead atoms. The van der Waals surface area contributed by atoms with Gasteiger partial charge in [-0.3, -0.25) is 9.59 Å². The molecule has 3 rings (SSSR count). The summed E-state index contributed by atoms with van der Waals surface area (Å²) < 4.78 is 32.0. The molecule has 1 aliphatic heterocycles. The largest absolute Gasteiger partial charge is 0.356 e. The minimum atomic E-state index is -1.02. The van der Waals surface area contributed by atoms with Gasteiger partial charge in [-0.2, -0.15) is 0 Å². The van der Waals surface area contributed by atoms with E-state index in [1.54, 1.807) is 13.1 Å². The third kappa shape index (κ3) is 3.66. The molecular formula is C18H16F2N2O3. The molecule has 0 saturated carbocycles. The molecule has 5 nitrogen and oxygen atoms in total. The van der Waals surface area contributed by atoms with Crippen molar-refractivity contribution in [3.8, 4) is 0 Å². The topological polar surface area (TPSA) is 58.6 Å². The van der Waals surface area contributed by atoms with Gasteiger partial charge in [0.15, 0.2) is 6.10 Å². The van der Waals surface area contributed by atoms with E-state index in [1.165, 1.54) is 47.4 Å². The third-order valence-electron chi connectivity index (χ3n) is 4.04. The Kier molecular flexibility index (Phi) is 4.76. The fourth-order valence-electron chi connectivity index (χ4n) is 2.77. The van der Waals surface area contributed by atoms with Gasteiger partial charge >= 0.3 is 0 Å². The molecule has 1 fully saturated rings. The van der Waals surface area contributed by atoms with Crippen LogP contribution in [0.5, 0.6) is 0 Å². The van der Waals surface area contributed by atoms with Crippen LogP contribution in [-0.2, 0) is 14.3 Å². The van der Waals surface area contributed by atoms with Crippen molar-refractivity contribution in [1.29, 1.82) is 0 Å². The van der Waals surface area contributed by atoms with E-state index in [2.05, 4.69) is 5.32 Å². The zero-order valence-corrected chi connectivity index (χ0v) is 13.4. The van der Waals surface area contributed by atoms with Crippen LogP contribution in [0.2, 0.25) is 0 Å². The number of hydrogen-bond acceptors (Lipinski definition) is 3. The second-order valence-electron chi connectivity index (χ2n) is 5.73. The van der Waals surface area contributed by atoms with Crippen LogP contribution in [0.15, 0.2) is 48.5 Å². The minimum absolute atomic E-state index is 0.246. The molecule has 25 heavy (non-hydrogen) atoms. The molecule has 7 heteroatoms. The summed E-state index contributed by atoms with van der Waals surface area (Å²) in [6.07, 6.45) is -1.02. The standard InChI is InChI=1S/C18H16F2N2O3/c1-22-15(23)10-25-17(16(22)11-3-2-4-13(20)9-11)18(24)21-14-7-5-12(19)6-8-14/h2-9,16-17H,10H2,1H3,(H,21,24)/t16-,17-/m1/s1. The van der Waals surface area contributed by atoms with Crippen molar-refractivity contribution in [2.24, 2.45) is 0 Å². The van der Waals surface area contributed by atoms with Gasteiger partial charge < -0.3 is 15.0 Å². The van der Waals surface area contributed by atoms with Crippen LogP contribution >= 0.6 is 0 Å². The van der Waals surface area contributed by atoms with E-state index in [4.69, 9.17) is 4.74 Å². The van der Waals surface area contributed by atoms with Crippen molar-refractivity contribution >= 4 is 17.5 Å². The molecule has 2 amide bonds. The number of morpholine rings is 1. The Morgan fingerprint density at radius 3 is 2.56 bits per heavy atom. The molecule has 2 atom stereocenters. The maximum atomic E-state index is 13.6. The Balaban J connectivity index is 1.87. The minimum Gasteiger partial charge on any atom is -0.356 e. The van der Waals surface area contributed by atoms with Gasteiger partial charge in [0.1, 0.15) is 18.2 Å². The number of hydrogen-bond donors (Lipinski definition) is 1. The molecule has 2 aromatic rings. The monoisotopic (exact) mass is 346 g/mol. The highest BCUT2D eigenvalue weighted by Gasteiger charge is 2.40. The number of nitrogens with zero attached hydrogens (tertiary/aromatic N) is 1. The fraction of sp³-hybridized carbons (Fsp3) is 0.222. The lowest BCUT2D eigenvalue weighted by Gasteiger charge is -2.38. The maximum Gasteiger partial charge on any atom is 0.256 e. The van der Waals surface area contributed by atoms with Crippen molar-refractivity contribution < 1.29 is 23.1 Å². The molecule has 1 N–H and O–H groups in total. The highest BCUT2D eigenvalue weighted by Crippen LogP contribution is 2.30. The van der Waals surface area contributed by atoms with Crippen LogP contribution in [0.4, 0.5) is 14.5 Å². The molecule has 2 aromatic carbocycles.